The predicted molar refractivity (Wildman–Crippen MR) is 91.1 cm³/mol. The molecule has 0 saturated heterocycles. The highest BCUT2D eigenvalue weighted by Gasteiger charge is 2.10. The molecule has 0 radical (unpaired) electrons. The number of hydrogen-bond donors (Lipinski definition) is 1. The zero-order valence-electron chi connectivity index (χ0n) is 12.7. The summed E-state index contributed by atoms with van der Waals surface area (Å²) in [7, 11) is 0. The van der Waals surface area contributed by atoms with Gasteiger partial charge in [-0.3, -0.25) is 4.40 Å². The molecular weight excluding hydrogens is 286 g/mol. The van der Waals surface area contributed by atoms with Crippen molar-refractivity contribution in [2.75, 3.05) is 18.6 Å². The van der Waals surface area contributed by atoms with Gasteiger partial charge in [0.1, 0.15) is 0 Å². The topological polar surface area (TPSA) is 29.3 Å². The molecule has 5 heteroatoms. The molecular formula is C15H25N3S2. The monoisotopic (exact) mass is 311 g/mol. The number of imidazole rings is 1. The van der Waals surface area contributed by atoms with Crippen LogP contribution in [0.4, 0.5) is 0 Å². The van der Waals surface area contributed by atoms with Crippen LogP contribution in [0.25, 0.3) is 4.96 Å². The highest BCUT2D eigenvalue weighted by molar-refractivity contribution is 7.98. The van der Waals surface area contributed by atoms with Gasteiger partial charge in [-0.1, -0.05) is 12.8 Å². The molecule has 0 amide bonds. The van der Waals surface area contributed by atoms with Crippen LogP contribution in [0.1, 0.15) is 41.9 Å². The first-order valence-electron chi connectivity index (χ1n) is 7.36. The Balaban J connectivity index is 1.71. The first kappa shape index (κ1) is 15.9. The number of nitrogens with one attached hydrogen (secondary N) is 1. The first-order chi connectivity index (χ1) is 9.72. The molecule has 112 valence electrons. The van der Waals surface area contributed by atoms with Gasteiger partial charge in [-0.2, -0.15) is 11.8 Å². The van der Waals surface area contributed by atoms with E-state index in [1.165, 1.54) is 42.0 Å². The van der Waals surface area contributed by atoms with Gasteiger partial charge >= 0.3 is 0 Å². The van der Waals surface area contributed by atoms with Crippen molar-refractivity contribution in [1.82, 2.24) is 14.7 Å². The summed E-state index contributed by atoms with van der Waals surface area (Å²) in [6, 6.07) is 0. The van der Waals surface area contributed by atoms with Crippen molar-refractivity contribution in [2.45, 2.75) is 46.1 Å². The lowest BCUT2D eigenvalue weighted by Gasteiger charge is -2.05. The van der Waals surface area contributed by atoms with E-state index in [0.29, 0.717) is 0 Å². The standard InChI is InChI=1S/C15H25N3S2/c1-12-11-18-14(13(2)17-15(18)20-12)10-16-8-6-4-5-7-9-19-3/h11,16H,4-10H2,1-3H3. The van der Waals surface area contributed by atoms with E-state index in [2.05, 4.69) is 41.0 Å². The van der Waals surface area contributed by atoms with Crippen molar-refractivity contribution < 1.29 is 0 Å². The molecule has 0 saturated carbocycles. The Labute approximate surface area is 130 Å². The molecule has 2 aromatic heterocycles. The lowest BCUT2D eigenvalue weighted by atomic mass is 10.2. The van der Waals surface area contributed by atoms with E-state index in [1.54, 1.807) is 11.3 Å². The molecule has 1 N–H and O–H groups in total. The predicted octanol–water partition coefficient (Wildman–Crippen LogP) is 4.03. The van der Waals surface area contributed by atoms with Crippen LogP contribution in [-0.4, -0.2) is 27.9 Å². The summed E-state index contributed by atoms with van der Waals surface area (Å²) in [4.78, 5) is 7.06. The second kappa shape index (κ2) is 8.05. The van der Waals surface area contributed by atoms with Crippen LogP contribution in [0.5, 0.6) is 0 Å². The number of thioether (sulfide) groups is 1. The van der Waals surface area contributed by atoms with Crippen molar-refractivity contribution >= 4 is 28.1 Å². The molecule has 2 rings (SSSR count). The lowest BCUT2D eigenvalue weighted by molar-refractivity contribution is 0.592. The molecule has 0 fully saturated rings. The number of hydrogen-bond acceptors (Lipinski definition) is 4. The zero-order chi connectivity index (χ0) is 14.4. The minimum absolute atomic E-state index is 0.925. The average Bonchev–Trinajstić information content (AvgIpc) is 2.89. The fourth-order valence-electron chi connectivity index (χ4n) is 2.38. The molecule has 2 heterocycles. The summed E-state index contributed by atoms with van der Waals surface area (Å²) in [5, 5.41) is 3.56. The molecule has 0 aromatic carbocycles. The van der Waals surface area contributed by atoms with Crippen LogP contribution in [0.2, 0.25) is 0 Å². The number of unbranched alkanes of at least 4 members (excludes halogenated alkanes) is 3. The third kappa shape index (κ3) is 4.24. The molecule has 0 aliphatic carbocycles. The van der Waals surface area contributed by atoms with E-state index in [9.17, 15) is 0 Å². The number of fused-ring (bicyclic) bond motifs is 1. The fourth-order valence-corrected chi connectivity index (χ4v) is 3.76. The Morgan fingerprint density at radius 3 is 2.85 bits per heavy atom. The van der Waals surface area contributed by atoms with E-state index in [4.69, 9.17) is 0 Å². The van der Waals surface area contributed by atoms with Crippen molar-refractivity contribution in [3.05, 3.63) is 22.5 Å². The summed E-state index contributed by atoms with van der Waals surface area (Å²) < 4.78 is 2.24. The normalized spacial score (nSPS) is 11.6. The van der Waals surface area contributed by atoms with E-state index < -0.39 is 0 Å². The van der Waals surface area contributed by atoms with Gasteiger partial charge in [-0.05, 0) is 45.2 Å². The van der Waals surface area contributed by atoms with Crippen molar-refractivity contribution in [3.8, 4) is 0 Å². The molecule has 0 atom stereocenters. The summed E-state index contributed by atoms with van der Waals surface area (Å²) in [5.74, 6) is 1.30. The van der Waals surface area contributed by atoms with Gasteiger partial charge in [0.25, 0.3) is 0 Å². The number of aryl methyl sites for hydroxylation is 2. The SMILES string of the molecule is CSCCCCCCNCc1c(C)nc2sc(C)cn12. The second-order valence-corrected chi connectivity index (χ2v) is 7.42. The van der Waals surface area contributed by atoms with Gasteiger partial charge in [0.2, 0.25) is 0 Å². The van der Waals surface area contributed by atoms with Crippen LogP contribution in [0.15, 0.2) is 6.20 Å². The Morgan fingerprint density at radius 1 is 1.25 bits per heavy atom. The Hall–Kier alpha value is -0.520. The maximum absolute atomic E-state index is 4.62. The molecule has 0 spiro atoms. The summed E-state index contributed by atoms with van der Waals surface area (Å²) in [6.45, 7) is 6.28. The molecule has 3 nitrogen and oxygen atoms in total. The summed E-state index contributed by atoms with van der Waals surface area (Å²) in [6.07, 6.45) is 9.71. The van der Waals surface area contributed by atoms with Crippen molar-refractivity contribution in [3.63, 3.8) is 0 Å². The Morgan fingerprint density at radius 2 is 2.05 bits per heavy atom. The average molecular weight is 312 g/mol. The third-order valence-electron chi connectivity index (χ3n) is 3.49. The number of aromatic nitrogens is 2. The van der Waals surface area contributed by atoms with Crippen LogP contribution in [0.3, 0.4) is 0 Å². The molecule has 0 aliphatic heterocycles. The van der Waals surface area contributed by atoms with Crippen LogP contribution >= 0.6 is 23.1 Å². The molecule has 2 aromatic rings. The van der Waals surface area contributed by atoms with Crippen molar-refractivity contribution in [1.29, 1.82) is 0 Å². The van der Waals surface area contributed by atoms with Gasteiger partial charge in [-0.15, -0.1) is 11.3 Å². The maximum atomic E-state index is 4.62. The summed E-state index contributed by atoms with van der Waals surface area (Å²) >= 11 is 3.71. The highest BCUT2D eigenvalue weighted by Crippen LogP contribution is 2.20. The second-order valence-electron chi connectivity index (χ2n) is 5.22. The fraction of sp³-hybridized carbons (Fsp3) is 0.667. The van der Waals surface area contributed by atoms with Gasteiger partial charge in [0.05, 0.1) is 11.4 Å². The van der Waals surface area contributed by atoms with Gasteiger partial charge in [0, 0.05) is 17.6 Å². The maximum Gasteiger partial charge on any atom is 0.194 e. The molecule has 20 heavy (non-hydrogen) atoms. The largest absolute Gasteiger partial charge is 0.311 e. The van der Waals surface area contributed by atoms with Crippen molar-refractivity contribution in [2.24, 2.45) is 0 Å². The lowest BCUT2D eigenvalue weighted by Crippen LogP contribution is -2.16. The van der Waals surface area contributed by atoms with Crippen LogP contribution < -0.4 is 5.32 Å². The molecule has 0 unspecified atom stereocenters. The molecule has 0 aliphatic rings. The third-order valence-corrected chi connectivity index (χ3v) is 5.08. The number of nitrogens with zero attached hydrogens (tertiary/aromatic N) is 2. The number of rotatable bonds is 9. The van der Waals surface area contributed by atoms with Gasteiger partial charge in [-0.25, -0.2) is 4.98 Å². The Bertz CT molecular complexity index is 530. The quantitative estimate of drug-likeness (QED) is 0.709. The smallest absolute Gasteiger partial charge is 0.194 e. The van der Waals surface area contributed by atoms with Gasteiger partial charge in [0.15, 0.2) is 4.96 Å². The minimum Gasteiger partial charge on any atom is -0.311 e. The first-order valence-corrected chi connectivity index (χ1v) is 9.57. The highest BCUT2D eigenvalue weighted by atomic mass is 32.2. The van der Waals surface area contributed by atoms with Crippen LogP contribution in [-0.2, 0) is 6.54 Å². The van der Waals surface area contributed by atoms with Crippen LogP contribution in [0, 0.1) is 13.8 Å². The van der Waals surface area contributed by atoms with E-state index in [-0.39, 0.29) is 0 Å². The minimum atomic E-state index is 0.925. The Kier molecular flexibility index (Phi) is 6.39. The van der Waals surface area contributed by atoms with E-state index in [1.807, 2.05) is 11.8 Å². The summed E-state index contributed by atoms with van der Waals surface area (Å²) in [5.41, 5.74) is 2.47. The van der Waals surface area contributed by atoms with E-state index in [0.717, 1.165) is 23.7 Å². The van der Waals surface area contributed by atoms with Gasteiger partial charge < -0.3 is 5.32 Å². The zero-order valence-corrected chi connectivity index (χ0v) is 14.4. The molecule has 0 bridgehead atoms. The van der Waals surface area contributed by atoms with E-state index >= 15 is 0 Å². The number of thiazole rings is 1.